The summed E-state index contributed by atoms with van der Waals surface area (Å²) in [6.07, 6.45) is 2.40. The van der Waals surface area contributed by atoms with Crippen molar-refractivity contribution in [3.05, 3.63) is 59.4 Å². The van der Waals surface area contributed by atoms with Crippen LogP contribution in [0.25, 0.3) is 5.69 Å². The van der Waals surface area contributed by atoms with Crippen LogP contribution in [-0.4, -0.2) is 77.0 Å². The Balaban J connectivity index is 0.000000978. The Morgan fingerprint density at radius 3 is 1.98 bits per heavy atom. The molecule has 44 heavy (non-hydrogen) atoms. The molecule has 0 saturated carbocycles. The first-order chi connectivity index (χ1) is 20.2. The maximum absolute atomic E-state index is 13.1. The molecule has 240 valence electrons. The standard InChI is InChI=1S/C30H41N7O2.CH4O3S/c1-20-9-11-22(12-10-20)37-26(18-24(34-37)29(3,4)5)33-28(39)32-23-19-31-25(17-21(23)2)35-13-15-36(16-14-35)27(38)30(6,7)8;1-5(2,3)4/h9-12,17-19H,13-16H2,1-8H3,(H2,32,33,39);1H3,(H,2,3,4). The Hall–Kier alpha value is -3.97. The van der Waals surface area contributed by atoms with E-state index < -0.39 is 10.1 Å². The molecule has 2 aromatic heterocycles. The highest BCUT2D eigenvalue weighted by Gasteiger charge is 2.30. The number of hydrogen-bond acceptors (Lipinski definition) is 7. The lowest BCUT2D eigenvalue weighted by molar-refractivity contribution is -0.139. The molecule has 0 radical (unpaired) electrons. The number of urea groups is 1. The molecule has 0 unspecified atom stereocenters. The van der Waals surface area contributed by atoms with Crippen LogP contribution in [0.1, 0.15) is 58.4 Å². The van der Waals surface area contributed by atoms with Crippen molar-refractivity contribution in [2.24, 2.45) is 5.41 Å². The number of hydrogen-bond donors (Lipinski definition) is 3. The molecule has 13 heteroatoms. The average molecular weight is 628 g/mol. The SMILES string of the molecule is CS(=O)(=O)O.Cc1ccc(-n2nc(C(C)(C)C)cc2NC(=O)Nc2cnc(N3CCN(C(=O)C(C)(C)C)CC3)cc2C)cc1. The van der Waals surface area contributed by atoms with E-state index in [2.05, 4.69) is 41.3 Å². The maximum atomic E-state index is 13.1. The number of rotatable bonds is 4. The Morgan fingerprint density at radius 1 is 0.909 bits per heavy atom. The van der Waals surface area contributed by atoms with Crippen LogP contribution in [0.5, 0.6) is 0 Å². The van der Waals surface area contributed by atoms with Crippen molar-refractivity contribution in [1.82, 2.24) is 19.7 Å². The van der Waals surface area contributed by atoms with Crippen molar-refractivity contribution in [2.45, 2.75) is 60.8 Å². The first kappa shape index (κ1) is 34.5. The summed E-state index contributed by atoms with van der Waals surface area (Å²) in [4.78, 5) is 34.4. The fourth-order valence-corrected chi connectivity index (χ4v) is 4.45. The van der Waals surface area contributed by atoms with Crippen molar-refractivity contribution < 1.29 is 22.6 Å². The first-order valence-electron chi connectivity index (χ1n) is 14.4. The first-order valence-corrected chi connectivity index (χ1v) is 16.3. The molecular weight excluding hydrogens is 582 g/mol. The van der Waals surface area contributed by atoms with Gasteiger partial charge < -0.3 is 15.1 Å². The minimum Gasteiger partial charge on any atom is -0.353 e. The lowest BCUT2D eigenvalue weighted by Crippen LogP contribution is -2.51. The Kier molecular flexibility index (Phi) is 10.5. The lowest BCUT2D eigenvalue weighted by Gasteiger charge is -2.38. The van der Waals surface area contributed by atoms with E-state index in [4.69, 9.17) is 9.65 Å². The predicted molar refractivity (Wildman–Crippen MR) is 174 cm³/mol. The van der Waals surface area contributed by atoms with Crippen LogP contribution >= 0.6 is 0 Å². The number of aryl methyl sites for hydroxylation is 2. The Morgan fingerprint density at radius 2 is 1.48 bits per heavy atom. The number of aromatic nitrogens is 3. The summed E-state index contributed by atoms with van der Waals surface area (Å²) in [6.45, 7) is 18.9. The monoisotopic (exact) mass is 627 g/mol. The van der Waals surface area contributed by atoms with Gasteiger partial charge in [0.05, 0.1) is 29.5 Å². The molecule has 12 nitrogen and oxygen atoms in total. The van der Waals surface area contributed by atoms with Gasteiger partial charge >= 0.3 is 6.03 Å². The van der Waals surface area contributed by atoms with Crippen molar-refractivity contribution in [2.75, 3.05) is 48.0 Å². The number of carbonyl (C=O) groups is 2. The predicted octanol–water partition coefficient (Wildman–Crippen LogP) is 5.02. The zero-order valence-corrected chi connectivity index (χ0v) is 27.9. The van der Waals surface area contributed by atoms with E-state index in [1.807, 2.05) is 75.9 Å². The van der Waals surface area contributed by atoms with Crippen LogP contribution in [0.3, 0.4) is 0 Å². The Bertz CT molecular complexity index is 1570. The van der Waals surface area contributed by atoms with Crippen molar-refractivity contribution in [3.8, 4) is 5.69 Å². The summed E-state index contributed by atoms with van der Waals surface area (Å²) in [6, 6.07) is 11.6. The van der Waals surface area contributed by atoms with Gasteiger partial charge in [0.2, 0.25) is 5.91 Å². The average Bonchev–Trinajstić information content (AvgIpc) is 3.33. The van der Waals surface area contributed by atoms with E-state index in [1.54, 1.807) is 10.9 Å². The molecule has 1 aromatic carbocycles. The molecule has 0 bridgehead atoms. The second-order valence-corrected chi connectivity index (χ2v) is 14.6. The second kappa shape index (κ2) is 13.3. The minimum absolute atomic E-state index is 0.176. The zero-order valence-electron chi connectivity index (χ0n) is 27.1. The third-order valence-electron chi connectivity index (χ3n) is 6.87. The van der Waals surface area contributed by atoms with E-state index in [9.17, 15) is 18.0 Å². The number of pyridine rings is 1. The summed E-state index contributed by atoms with van der Waals surface area (Å²) >= 11 is 0. The lowest BCUT2D eigenvalue weighted by atomic mass is 9.92. The maximum Gasteiger partial charge on any atom is 0.324 e. The summed E-state index contributed by atoms with van der Waals surface area (Å²) in [7, 11) is -3.67. The van der Waals surface area contributed by atoms with E-state index >= 15 is 0 Å². The fourth-order valence-electron chi connectivity index (χ4n) is 4.45. The van der Waals surface area contributed by atoms with Gasteiger partial charge in [0.25, 0.3) is 10.1 Å². The van der Waals surface area contributed by atoms with Gasteiger partial charge in [-0.1, -0.05) is 59.2 Å². The van der Waals surface area contributed by atoms with Crippen molar-refractivity contribution in [1.29, 1.82) is 0 Å². The van der Waals surface area contributed by atoms with E-state index in [-0.39, 0.29) is 22.8 Å². The smallest absolute Gasteiger partial charge is 0.324 e. The summed E-state index contributed by atoms with van der Waals surface area (Å²) in [5.41, 5.74) is 3.89. The number of anilines is 3. The van der Waals surface area contributed by atoms with Crippen LogP contribution in [-0.2, 0) is 20.3 Å². The van der Waals surface area contributed by atoms with Gasteiger partial charge in [0.1, 0.15) is 11.6 Å². The highest BCUT2D eigenvalue weighted by atomic mass is 32.2. The normalized spacial score (nSPS) is 14.0. The number of nitrogens with zero attached hydrogens (tertiary/aromatic N) is 5. The van der Waals surface area contributed by atoms with Crippen molar-refractivity contribution >= 4 is 39.4 Å². The number of nitrogens with one attached hydrogen (secondary N) is 2. The zero-order chi connectivity index (χ0) is 33.0. The third-order valence-corrected chi connectivity index (χ3v) is 6.87. The van der Waals surface area contributed by atoms with Crippen LogP contribution in [0.4, 0.5) is 22.1 Å². The molecule has 3 N–H and O–H groups in total. The van der Waals surface area contributed by atoms with Crippen LogP contribution in [0.2, 0.25) is 0 Å². The van der Waals surface area contributed by atoms with Gasteiger partial charge in [-0.15, -0.1) is 0 Å². The van der Waals surface area contributed by atoms with Gasteiger partial charge in [-0.05, 0) is 37.6 Å². The van der Waals surface area contributed by atoms with E-state index in [0.717, 1.165) is 41.4 Å². The molecule has 1 aliphatic rings. The third kappa shape index (κ3) is 9.78. The molecule has 1 fully saturated rings. The number of amides is 3. The highest BCUT2D eigenvalue weighted by Crippen LogP contribution is 2.27. The molecule has 3 heterocycles. The second-order valence-electron chi connectivity index (χ2n) is 13.1. The van der Waals surface area contributed by atoms with Gasteiger partial charge in [-0.2, -0.15) is 13.5 Å². The quantitative estimate of drug-likeness (QED) is 0.341. The van der Waals surface area contributed by atoms with Gasteiger partial charge in [0.15, 0.2) is 0 Å². The summed E-state index contributed by atoms with van der Waals surface area (Å²) < 4.78 is 27.6. The molecule has 1 saturated heterocycles. The molecule has 4 rings (SSSR count). The van der Waals surface area contributed by atoms with Gasteiger partial charge in [-0.3, -0.25) is 14.7 Å². The largest absolute Gasteiger partial charge is 0.353 e. The summed E-state index contributed by atoms with van der Waals surface area (Å²) in [5, 5.41) is 10.7. The van der Waals surface area contributed by atoms with Gasteiger partial charge in [0, 0.05) is 43.1 Å². The molecule has 0 aliphatic carbocycles. The molecule has 0 atom stereocenters. The van der Waals surface area contributed by atoms with Crippen molar-refractivity contribution in [3.63, 3.8) is 0 Å². The minimum atomic E-state index is -3.67. The van der Waals surface area contributed by atoms with E-state index in [0.29, 0.717) is 30.9 Å². The van der Waals surface area contributed by atoms with Gasteiger partial charge in [-0.25, -0.2) is 14.5 Å². The molecule has 0 spiro atoms. The van der Waals surface area contributed by atoms with Crippen LogP contribution < -0.4 is 15.5 Å². The molecular formula is C31H45N7O5S. The fraction of sp³-hybridized carbons (Fsp3) is 0.484. The molecule has 3 amide bonds. The van der Waals surface area contributed by atoms with E-state index in [1.165, 1.54) is 0 Å². The number of benzene rings is 1. The van der Waals surface area contributed by atoms with Crippen LogP contribution in [0.15, 0.2) is 42.6 Å². The molecule has 3 aromatic rings. The number of piperazine rings is 1. The Labute approximate surface area is 260 Å². The molecule has 1 aliphatic heterocycles. The number of carbonyl (C=O) groups excluding carboxylic acids is 2. The summed E-state index contributed by atoms with van der Waals surface area (Å²) in [5.74, 6) is 1.61. The topological polar surface area (TPSA) is 150 Å². The van der Waals surface area contributed by atoms with Crippen LogP contribution in [0, 0.1) is 19.3 Å². The highest BCUT2D eigenvalue weighted by molar-refractivity contribution is 7.85.